The predicted octanol–water partition coefficient (Wildman–Crippen LogP) is 3.62. The fourth-order valence-corrected chi connectivity index (χ4v) is 2.76. The summed E-state index contributed by atoms with van der Waals surface area (Å²) < 4.78 is 0. The molecule has 0 unspecified atom stereocenters. The highest BCUT2D eigenvalue weighted by atomic mass is 16.3. The fourth-order valence-electron chi connectivity index (χ4n) is 2.76. The summed E-state index contributed by atoms with van der Waals surface area (Å²) in [6, 6.07) is 12.9. The van der Waals surface area contributed by atoms with Crippen LogP contribution in [0.5, 0.6) is 5.75 Å². The average Bonchev–Trinajstić information content (AvgIpc) is 2.50. The molecular formula is C19H19NO2. The van der Waals surface area contributed by atoms with Crippen LogP contribution in [-0.4, -0.2) is 10.9 Å². The molecule has 2 N–H and O–H groups in total. The van der Waals surface area contributed by atoms with Crippen molar-refractivity contribution in [1.29, 1.82) is 0 Å². The maximum absolute atomic E-state index is 12.2. The van der Waals surface area contributed by atoms with Crippen LogP contribution in [0.2, 0.25) is 0 Å². The van der Waals surface area contributed by atoms with E-state index < -0.39 is 0 Å². The molecule has 3 heteroatoms. The lowest BCUT2D eigenvalue weighted by Gasteiger charge is -2.20. The molecule has 0 amide bonds. The molecule has 0 atom stereocenters. The number of hydrogen-bond acceptors (Lipinski definition) is 3. The molecule has 3 rings (SSSR count). The minimum Gasteiger partial charge on any atom is -0.508 e. The van der Waals surface area contributed by atoms with E-state index in [0.717, 1.165) is 35.4 Å². The number of hydrogen-bond donors (Lipinski definition) is 2. The first-order valence-electron chi connectivity index (χ1n) is 7.46. The first-order chi connectivity index (χ1) is 10.6. The Morgan fingerprint density at radius 3 is 2.50 bits per heavy atom. The summed E-state index contributed by atoms with van der Waals surface area (Å²) in [4.78, 5) is 12.2. The van der Waals surface area contributed by atoms with E-state index >= 15 is 0 Å². The standard InChI is InChI=1S/C19H19NO2/c1-13-2-6-16-10-15(5-9-19(16)20-13)12-18(22)11-14-3-7-17(21)8-4-14/h3-5,7-10,20-21H,1-2,6,11-12H2. The first-order valence-corrected chi connectivity index (χ1v) is 7.46. The second-order valence-electron chi connectivity index (χ2n) is 5.78. The minimum absolute atomic E-state index is 0.179. The van der Waals surface area contributed by atoms with Gasteiger partial charge in [0.25, 0.3) is 0 Å². The van der Waals surface area contributed by atoms with Gasteiger partial charge in [-0.25, -0.2) is 0 Å². The Hall–Kier alpha value is -2.55. The number of aryl methyl sites for hydroxylation is 1. The van der Waals surface area contributed by atoms with Gasteiger partial charge in [-0.2, -0.15) is 0 Å². The Morgan fingerprint density at radius 2 is 1.73 bits per heavy atom. The lowest BCUT2D eigenvalue weighted by molar-refractivity contribution is -0.117. The van der Waals surface area contributed by atoms with Crippen molar-refractivity contribution in [3.8, 4) is 5.75 Å². The number of nitrogens with one attached hydrogen (secondary N) is 1. The predicted molar refractivity (Wildman–Crippen MR) is 88.0 cm³/mol. The van der Waals surface area contributed by atoms with E-state index in [1.807, 2.05) is 12.1 Å². The zero-order valence-electron chi connectivity index (χ0n) is 12.4. The summed E-state index contributed by atoms with van der Waals surface area (Å²) >= 11 is 0. The normalized spacial score (nSPS) is 13.4. The van der Waals surface area contributed by atoms with Crippen LogP contribution in [0.25, 0.3) is 0 Å². The second-order valence-corrected chi connectivity index (χ2v) is 5.78. The van der Waals surface area contributed by atoms with Crippen LogP contribution in [0.4, 0.5) is 5.69 Å². The molecule has 2 aromatic carbocycles. The molecule has 1 aliphatic rings. The number of phenols is 1. The summed E-state index contributed by atoms with van der Waals surface area (Å²) in [6.07, 6.45) is 2.75. The van der Waals surface area contributed by atoms with E-state index in [9.17, 15) is 9.90 Å². The largest absolute Gasteiger partial charge is 0.508 e. The summed E-state index contributed by atoms with van der Waals surface area (Å²) in [5, 5.41) is 12.5. The molecule has 112 valence electrons. The van der Waals surface area contributed by atoms with E-state index in [4.69, 9.17) is 0 Å². The van der Waals surface area contributed by atoms with Gasteiger partial charge in [0.15, 0.2) is 0 Å². The number of carbonyl (C=O) groups is 1. The Bertz CT molecular complexity index is 717. The number of Topliss-reactive ketones (excluding diaryl/α,β-unsaturated/α-hetero) is 1. The van der Waals surface area contributed by atoms with Gasteiger partial charge in [0.2, 0.25) is 0 Å². The van der Waals surface area contributed by atoms with Gasteiger partial charge in [-0.1, -0.05) is 30.8 Å². The molecule has 3 nitrogen and oxygen atoms in total. The van der Waals surface area contributed by atoms with Crippen molar-refractivity contribution in [3.63, 3.8) is 0 Å². The van der Waals surface area contributed by atoms with Crippen molar-refractivity contribution in [2.45, 2.75) is 25.7 Å². The molecule has 0 aliphatic carbocycles. The average molecular weight is 293 g/mol. The van der Waals surface area contributed by atoms with Crippen LogP contribution < -0.4 is 5.32 Å². The smallest absolute Gasteiger partial charge is 0.141 e. The number of allylic oxidation sites excluding steroid dienone is 1. The molecule has 0 bridgehead atoms. The number of fused-ring (bicyclic) bond motifs is 1. The van der Waals surface area contributed by atoms with Crippen LogP contribution in [0, 0.1) is 0 Å². The van der Waals surface area contributed by atoms with Gasteiger partial charge in [-0.3, -0.25) is 4.79 Å². The molecule has 0 aromatic heterocycles. The minimum atomic E-state index is 0.179. The third-order valence-electron chi connectivity index (χ3n) is 3.92. The van der Waals surface area contributed by atoms with Gasteiger partial charge < -0.3 is 10.4 Å². The zero-order chi connectivity index (χ0) is 15.5. The molecule has 0 spiro atoms. The zero-order valence-corrected chi connectivity index (χ0v) is 12.4. The van der Waals surface area contributed by atoms with Crippen LogP contribution in [-0.2, 0) is 24.1 Å². The van der Waals surface area contributed by atoms with E-state index in [-0.39, 0.29) is 11.5 Å². The molecule has 2 aromatic rings. The molecule has 1 heterocycles. The fraction of sp³-hybridized carbons (Fsp3) is 0.211. The van der Waals surface area contributed by atoms with Crippen LogP contribution in [0.3, 0.4) is 0 Å². The molecule has 0 saturated carbocycles. The summed E-state index contributed by atoms with van der Waals surface area (Å²) in [6.45, 7) is 3.95. The monoisotopic (exact) mass is 293 g/mol. The number of anilines is 1. The molecule has 0 fully saturated rings. The van der Waals surface area contributed by atoms with Crippen LogP contribution in [0.1, 0.15) is 23.1 Å². The number of aromatic hydroxyl groups is 1. The van der Waals surface area contributed by atoms with Gasteiger partial charge in [-0.05, 0) is 47.7 Å². The van der Waals surface area contributed by atoms with Crippen LogP contribution >= 0.6 is 0 Å². The molecule has 22 heavy (non-hydrogen) atoms. The van der Waals surface area contributed by atoms with E-state index in [1.54, 1.807) is 24.3 Å². The number of benzene rings is 2. The van der Waals surface area contributed by atoms with Gasteiger partial charge in [0.05, 0.1) is 0 Å². The van der Waals surface area contributed by atoms with Crippen molar-refractivity contribution in [2.24, 2.45) is 0 Å². The van der Waals surface area contributed by atoms with Gasteiger partial charge in [0, 0.05) is 24.2 Å². The van der Waals surface area contributed by atoms with E-state index in [1.165, 1.54) is 5.56 Å². The van der Waals surface area contributed by atoms with Gasteiger partial charge in [-0.15, -0.1) is 0 Å². The van der Waals surface area contributed by atoms with Gasteiger partial charge in [0.1, 0.15) is 11.5 Å². The van der Waals surface area contributed by atoms with E-state index in [2.05, 4.69) is 18.0 Å². The summed E-state index contributed by atoms with van der Waals surface area (Å²) in [7, 11) is 0. The lowest BCUT2D eigenvalue weighted by Crippen LogP contribution is -2.11. The Balaban J connectivity index is 1.66. The molecular weight excluding hydrogens is 274 g/mol. The molecule has 0 radical (unpaired) electrons. The highest BCUT2D eigenvalue weighted by Gasteiger charge is 2.12. The first kappa shape index (κ1) is 14.4. The number of phenolic OH excluding ortho intramolecular Hbond substituents is 1. The number of rotatable bonds is 4. The molecule has 1 aliphatic heterocycles. The van der Waals surface area contributed by atoms with Crippen molar-refractivity contribution in [1.82, 2.24) is 0 Å². The van der Waals surface area contributed by atoms with E-state index in [0.29, 0.717) is 12.8 Å². The SMILES string of the molecule is C=C1CCc2cc(CC(=O)Cc3ccc(O)cc3)ccc2N1. The summed E-state index contributed by atoms with van der Waals surface area (Å²) in [5.74, 6) is 0.402. The highest BCUT2D eigenvalue weighted by Crippen LogP contribution is 2.27. The second kappa shape index (κ2) is 6.06. The van der Waals surface area contributed by atoms with Crippen LogP contribution in [0.15, 0.2) is 54.7 Å². The Kier molecular flexibility index (Phi) is 3.96. The third kappa shape index (κ3) is 3.37. The topological polar surface area (TPSA) is 49.3 Å². The van der Waals surface area contributed by atoms with Crippen molar-refractivity contribution in [2.75, 3.05) is 5.32 Å². The van der Waals surface area contributed by atoms with Gasteiger partial charge >= 0.3 is 0 Å². The Labute approximate surface area is 130 Å². The number of ketones is 1. The van der Waals surface area contributed by atoms with Crippen molar-refractivity contribution in [3.05, 3.63) is 71.4 Å². The maximum atomic E-state index is 12.2. The quantitative estimate of drug-likeness (QED) is 0.905. The number of carbonyl (C=O) groups excluding carboxylic acids is 1. The van der Waals surface area contributed by atoms with Crippen molar-refractivity contribution >= 4 is 11.5 Å². The maximum Gasteiger partial charge on any atom is 0.141 e. The lowest BCUT2D eigenvalue weighted by atomic mass is 9.96. The van der Waals surface area contributed by atoms with Crippen molar-refractivity contribution < 1.29 is 9.90 Å². The Morgan fingerprint density at radius 1 is 1.05 bits per heavy atom. The summed E-state index contributed by atoms with van der Waals surface area (Å²) in [5.41, 5.74) is 5.38. The molecule has 0 saturated heterocycles. The highest BCUT2D eigenvalue weighted by molar-refractivity contribution is 5.83. The third-order valence-corrected chi connectivity index (χ3v) is 3.92.